The van der Waals surface area contributed by atoms with E-state index >= 15 is 0 Å². The number of halogens is 2. The van der Waals surface area contributed by atoms with Crippen LogP contribution in [0.3, 0.4) is 0 Å². The Balaban J connectivity index is 3.00. The van der Waals surface area contributed by atoms with Gasteiger partial charge in [-0.2, -0.15) is 4.31 Å². The van der Waals surface area contributed by atoms with E-state index in [1.807, 2.05) is 0 Å². The zero-order valence-corrected chi connectivity index (χ0v) is 10.6. The first kappa shape index (κ1) is 15.0. The molecule has 0 saturated carbocycles. The van der Waals surface area contributed by atoms with Crippen molar-refractivity contribution in [3.63, 3.8) is 0 Å². The number of nitrogens with zero attached hydrogens (tertiary/aromatic N) is 3. The summed E-state index contributed by atoms with van der Waals surface area (Å²) in [4.78, 5) is 3.68. The number of hydrogen-bond donors (Lipinski definition) is 1. The predicted molar refractivity (Wildman–Crippen MR) is 59.7 cm³/mol. The summed E-state index contributed by atoms with van der Waals surface area (Å²) in [5, 5.41) is 8.44. The quantitative estimate of drug-likeness (QED) is 0.773. The van der Waals surface area contributed by atoms with Gasteiger partial charge in [-0.1, -0.05) is 0 Å². The van der Waals surface area contributed by atoms with Crippen LogP contribution in [0.15, 0.2) is 17.6 Å². The topological polar surface area (TPSA) is 75.4 Å². The molecule has 0 fully saturated rings. The largest absolute Gasteiger partial charge is 0.395 e. The first-order chi connectivity index (χ1) is 8.41. The van der Waals surface area contributed by atoms with E-state index < -0.39 is 29.6 Å². The maximum atomic E-state index is 12.3. The van der Waals surface area contributed by atoms with Gasteiger partial charge in [0.15, 0.2) is 5.03 Å². The van der Waals surface area contributed by atoms with Crippen LogP contribution in [0.4, 0.5) is 8.78 Å². The third-order valence-electron chi connectivity index (χ3n) is 2.27. The van der Waals surface area contributed by atoms with E-state index in [9.17, 15) is 17.2 Å². The highest BCUT2D eigenvalue weighted by molar-refractivity contribution is 7.89. The van der Waals surface area contributed by atoms with Crippen molar-refractivity contribution in [1.29, 1.82) is 0 Å². The summed E-state index contributed by atoms with van der Waals surface area (Å²) in [7, 11) is -4.09. The molecule has 9 heteroatoms. The second-order valence-corrected chi connectivity index (χ2v) is 5.40. The van der Waals surface area contributed by atoms with Crippen LogP contribution in [0.25, 0.3) is 0 Å². The number of aromatic nitrogens is 2. The number of rotatable bonds is 7. The highest BCUT2D eigenvalue weighted by Gasteiger charge is 2.28. The molecular weight excluding hydrogens is 268 g/mol. The van der Waals surface area contributed by atoms with E-state index in [4.69, 9.17) is 5.11 Å². The molecule has 0 radical (unpaired) electrons. The average Bonchev–Trinajstić information content (AvgIpc) is 2.77. The molecule has 1 N–H and O–H groups in total. The van der Waals surface area contributed by atoms with E-state index in [0.717, 1.165) is 0 Å². The molecule has 0 bridgehead atoms. The van der Waals surface area contributed by atoms with E-state index in [0.29, 0.717) is 10.8 Å². The van der Waals surface area contributed by atoms with Crippen LogP contribution in [0, 0.1) is 0 Å². The molecule has 0 aromatic carbocycles. The minimum atomic E-state index is -4.09. The second kappa shape index (κ2) is 6.21. The summed E-state index contributed by atoms with van der Waals surface area (Å²) in [5.74, 6) is 0. The number of aryl methyl sites for hydroxylation is 1. The van der Waals surface area contributed by atoms with E-state index in [-0.39, 0.29) is 11.6 Å². The van der Waals surface area contributed by atoms with Gasteiger partial charge in [0.25, 0.3) is 16.4 Å². The normalized spacial score (nSPS) is 12.6. The van der Waals surface area contributed by atoms with Crippen molar-refractivity contribution in [2.24, 2.45) is 0 Å². The number of aliphatic hydroxyl groups excluding tert-OH is 1. The van der Waals surface area contributed by atoms with Gasteiger partial charge in [-0.05, 0) is 6.92 Å². The Bertz CT molecular complexity index is 475. The minimum absolute atomic E-state index is 0.293. The molecule has 0 saturated heterocycles. The minimum Gasteiger partial charge on any atom is -0.395 e. The molecule has 104 valence electrons. The summed E-state index contributed by atoms with van der Waals surface area (Å²) in [6.07, 6.45) is -0.225. The highest BCUT2D eigenvalue weighted by atomic mass is 32.2. The fourth-order valence-electron chi connectivity index (χ4n) is 1.35. The van der Waals surface area contributed by atoms with E-state index in [1.54, 1.807) is 6.92 Å². The fraction of sp³-hybridized carbons (Fsp3) is 0.667. The molecule has 1 rings (SSSR count). The Hall–Kier alpha value is -1.06. The maximum Gasteiger partial charge on any atom is 0.262 e. The molecule has 6 nitrogen and oxygen atoms in total. The Kier molecular flexibility index (Phi) is 5.17. The molecule has 0 atom stereocenters. The lowest BCUT2D eigenvalue weighted by molar-refractivity contribution is 0.113. The predicted octanol–water partition coefficient (Wildman–Crippen LogP) is 0.151. The molecule has 0 spiro atoms. The van der Waals surface area contributed by atoms with Crippen molar-refractivity contribution in [3.05, 3.63) is 12.5 Å². The van der Waals surface area contributed by atoms with Crippen molar-refractivity contribution in [2.75, 3.05) is 19.7 Å². The number of alkyl halides is 2. The van der Waals surface area contributed by atoms with Gasteiger partial charge in [-0.15, -0.1) is 0 Å². The third-order valence-corrected chi connectivity index (χ3v) is 4.02. The molecular formula is C9H15F2N3O3S. The molecule has 0 aliphatic rings. The SMILES string of the molecule is CCn1cnc(S(=O)(=O)N(CCO)CC(F)F)c1. The van der Waals surface area contributed by atoms with Crippen molar-refractivity contribution in [2.45, 2.75) is 24.9 Å². The van der Waals surface area contributed by atoms with Crippen LogP contribution in [0.1, 0.15) is 6.92 Å². The van der Waals surface area contributed by atoms with Crippen LogP contribution < -0.4 is 0 Å². The van der Waals surface area contributed by atoms with Crippen molar-refractivity contribution >= 4 is 10.0 Å². The maximum absolute atomic E-state index is 12.3. The average molecular weight is 283 g/mol. The Labute approximate surface area is 104 Å². The number of sulfonamides is 1. The van der Waals surface area contributed by atoms with E-state index in [1.165, 1.54) is 17.1 Å². The molecule has 0 aliphatic heterocycles. The van der Waals surface area contributed by atoms with Crippen LogP contribution in [-0.2, 0) is 16.6 Å². The highest BCUT2D eigenvalue weighted by Crippen LogP contribution is 2.14. The zero-order valence-electron chi connectivity index (χ0n) is 9.83. The molecule has 1 aromatic rings. The Morgan fingerprint density at radius 1 is 1.56 bits per heavy atom. The summed E-state index contributed by atoms with van der Waals surface area (Å²) < 4.78 is 50.7. The van der Waals surface area contributed by atoms with Crippen LogP contribution in [0.2, 0.25) is 0 Å². The van der Waals surface area contributed by atoms with E-state index in [2.05, 4.69) is 4.98 Å². The van der Waals surface area contributed by atoms with Crippen LogP contribution in [0.5, 0.6) is 0 Å². The molecule has 0 unspecified atom stereocenters. The number of hydrogen-bond acceptors (Lipinski definition) is 4. The van der Waals surface area contributed by atoms with Gasteiger partial charge in [0.1, 0.15) is 0 Å². The lowest BCUT2D eigenvalue weighted by Gasteiger charge is -2.19. The van der Waals surface area contributed by atoms with Crippen molar-refractivity contribution in [1.82, 2.24) is 13.9 Å². The Morgan fingerprint density at radius 2 is 2.22 bits per heavy atom. The monoisotopic (exact) mass is 283 g/mol. The van der Waals surface area contributed by atoms with Gasteiger partial charge in [-0.3, -0.25) is 0 Å². The second-order valence-electron chi connectivity index (χ2n) is 3.52. The van der Waals surface area contributed by atoms with Crippen molar-refractivity contribution in [3.8, 4) is 0 Å². The number of imidazole rings is 1. The third kappa shape index (κ3) is 3.47. The first-order valence-electron chi connectivity index (χ1n) is 5.32. The molecule has 1 aromatic heterocycles. The summed E-state index contributed by atoms with van der Waals surface area (Å²) >= 11 is 0. The van der Waals surface area contributed by atoms with Gasteiger partial charge >= 0.3 is 0 Å². The summed E-state index contributed by atoms with van der Waals surface area (Å²) in [5.41, 5.74) is 0. The molecule has 0 amide bonds. The molecule has 1 heterocycles. The van der Waals surface area contributed by atoms with Crippen LogP contribution in [-0.4, -0.2) is 53.5 Å². The summed E-state index contributed by atoms with van der Waals surface area (Å²) in [6.45, 7) is 0.452. The fourth-order valence-corrected chi connectivity index (χ4v) is 2.70. The van der Waals surface area contributed by atoms with Gasteiger partial charge < -0.3 is 9.67 Å². The lowest BCUT2D eigenvalue weighted by Crippen LogP contribution is -2.37. The summed E-state index contributed by atoms with van der Waals surface area (Å²) in [6, 6.07) is 0. The van der Waals surface area contributed by atoms with Crippen molar-refractivity contribution < 1.29 is 22.3 Å². The van der Waals surface area contributed by atoms with Gasteiger partial charge in [0, 0.05) is 19.3 Å². The van der Waals surface area contributed by atoms with Gasteiger partial charge in [0.2, 0.25) is 0 Å². The Morgan fingerprint density at radius 3 is 2.67 bits per heavy atom. The van der Waals surface area contributed by atoms with Gasteiger partial charge in [-0.25, -0.2) is 22.2 Å². The molecule has 18 heavy (non-hydrogen) atoms. The van der Waals surface area contributed by atoms with Crippen LogP contribution >= 0.6 is 0 Å². The van der Waals surface area contributed by atoms with Gasteiger partial charge in [0.05, 0.1) is 19.5 Å². The number of aliphatic hydroxyl groups is 1. The smallest absolute Gasteiger partial charge is 0.262 e. The lowest BCUT2D eigenvalue weighted by atomic mass is 10.6. The zero-order chi connectivity index (χ0) is 13.8. The first-order valence-corrected chi connectivity index (χ1v) is 6.76. The molecule has 0 aliphatic carbocycles. The standard InChI is InChI=1S/C9H15F2N3O3S/c1-2-13-6-9(12-7-13)18(16,17)14(3-4-15)5-8(10)11/h6-8,15H,2-5H2,1H3.